The van der Waals surface area contributed by atoms with Crippen molar-refractivity contribution in [3.63, 3.8) is 0 Å². The van der Waals surface area contributed by atoms with Gasteiger partial charge in [0.05, 0.1) is 0 Å². The van der Waals surface area contributed by atoms with E-state index >= 15 is 0 Å². The van der Waals surface area contributed by atoms with E-state index in [0.29, 0.717) is 0 Å². The lowest BCUT2D eigenvalue weighted by molar-refractivity contribution is 0.866. The Morgan fingerprint density at radius 3 is 2.50 bits per heavy atom. The average molecular weight is 185 g/mol. The summed E-state index contributed by atoms with van der Waals surface area (Å²) >= 11 is 0. The van der Waals surface area contributed by atoms with Crippen molar-refractivity contribution >= 4 is 0 Å². The van der Waals surface area contributed by atoms with Crippen LogP contribution in [0.15, 0.2) is 54.7 Å². The van der Waals surface area contributed by atoms with Gasteiger partial charge in [0.1, 0.15) is 0 Å². The summed E-state index contributed by atoms with van der Waals surface area (Å²) in [7, 11) is 0. The first-order valence-electron chi connectivity index (χ1n) is 5.20. The van der Waals surface area contributed by atoms with Gasteiger partial charge in [-0.2, -0.15) is 0 Å². The summed E-state index contributed by atoms with van der Waals surface area (Å²) in [5.41, 5.74) is 0. The summed E-state index contributed by atoms with van der Waals surface area (Å²) in [6.07, 6.45) is 26.5. The molecule has 0 aromatic heterocycles. The number of rotatable bonds is 0. The molecule has 0 amide bonds. The molecule has 0 saturated heterocycles. The van der Waals surface area contributed by atoms with Crippen molar-refractivity contribution in [2.45, 2.75) is 25.7 Å². The highest BCUT2D eigenvalue weighted by molar-refractivity contribution is 5.14. The lowest BCUT2D eigenvalue weighted by Gasteiger charge is -1.89. The zero-order chi connectivity index (χ0) is 9.90. The van der Waals surface area contributed by atoms with Crippen molar-refractivity contribution in [2.75, 3.05) is 0 Å². The van der Waals surface area contributed by atoms with Crippen LogP contribution in [0, 0.1) is 6.08 Å². The summed E-state index contributed by atoms with van der Waals surface area (Å²) in [6, 6.07) is 0. The first kappa shape index (κ1) is 10.8. The molecule has 0 nitrogen and oxygen atoms in total. The minimum Gasteiger partial charge on any atom is -0.0882 e. The van der Waals surface area contributed by atoms with Gasteiger partial charge in [0.25, 0.3) is 0 Å². The Bertz CT molecular complexity index is 262. The zero-order valence-corrected chi connectivity index (χ0v) is 8.52. The van der Waals surface area contributed by atoms with E-state index in [2.05, 4.69) is 36.5 Å². The fourth-order valence-corrected chi connectivity index (χ4v) is 1.18. The number of hydrogen-bond donors (Lipinski definition) is 0. The van der Waals surface area contributed by atoms with Gasteiger partial charge in [0.15, 0.2) is 0 Å². The molecule has 0 saturated carbocycles. The van der Waals surface area contributed by atoms with Gasteiger partial charge in [-0.1, -0.05) is 54.7 Å². The van der Waals surface area contributed by atoms with Gasteiger partial charge in [-0.25, -0.2) is 0 Å². The van der Waals surface area contributed by atoms with E-state index in [1.165, 1.54) is 12.8 Å². The van der Waals surface area contributed by atoms with Gasteiger partial charge in [0.2, 0.25) is 0 Å². The Labute approximate surface area is 87.0 Å². The highest BCUT2D eigenvalue weighted by atomic mass is 13.9. The van der Waals surface area contributed by atoms with Crippen LogP contribution in [0.5, 0.6) is 0 Å². The van der Waals surface area contributed by atoms with E-state index in [9.17, 15) is 0 Å². The molecular weight excluding hydrogens is 168 g/mol. The standard InChI is InChI=1S/C14H17/c1-2-4-6-8-10-12-14-13-11-9-7-5-3-1/h1-7,13-14H,8,10-12H2/b2-1+,5-3-,6-4-,9-7?,14-13+. The molecule has 0 atom stereocenters. The van der Waals surface area contributed by atoms with E-state index in [-0.39, 0.29) is 0 Å². The molecule has 1 aliphatic carbocycles. The van der Waals surface area contributed by atoms with Crippen LogP contribution in [0.3, 0.4) is 0 Å². The third-order valence-corrected chi connectivity index (χ3v) is 1.94. The van der Waals surface area contributed by atoms with Gasteiger partial charge in [-0.05, 0) is 31.8 Å². The second-order valence-corrected chi connectivity index (χ2v) is 3.18. The molecule has 0 fully saturated rings. The van der Waals surface area contributed by atoms with Crippen LogP contribution in [0.25, 0.3) is 0 Å². The smallest absolute Gasteiger partial charge is 0.00946 e. The van der Waals surface area contributed by atoms with Gasteiger partial charge < -0.3 is 0 Å². The molecule has 0 aromatic carbocycles. The Balaban J connectivity index is 2.46. The van der Waals surface area contributed by atoms with Gasteiger partial charge in [-0.3, -0.25) is 0 Å². The molecule has 0 aliphatic heterocycles. The van der Waals surface area contributed by atoms with E-state index in [0.717, 1.165) is 12.8 Å². The van der Waals surface area contributed by atoms with Crippen molar-refractivity contribution < 1.29 is 0 Å². The maximum absolute atomic E-state index is 3.19. The van der Waals surface area contributed by atoms with Gasteiger partial charge in [-0.15, -0.1) is 0 Å². The van der Waals surface area contributed by atoms with Gasteiger partial charge in [0, 0.05) is 0 Å². The molecule has 0 aromatic rings. The van der Waals surface area contributed by atoms with Crippen LogP contribution in [0.1, 0.15) is 25.7 Å². The second kappa shape index (κ2) is 8.31. The molecule has 0 spiro atoms. The van der Waals surface area contributed by atoms with E-state index in [4.69, 9.17) is 0 Å². The van der Waals surface area contributed by atoms with E-state index in [1.807, 2.05) is 24.3 Å². The zero-order valence-electron chi connectivity index (χ0n) is 8.52. The third kappa shape index (κ3) is 6.24. The predicted molar refractivity (Wildman–Crippen MR) is 62.8 cm³/mol. The average Bonchev–Trinajstić information content (AvgIpc) is 2.22. The highest BCUT2D eigenvalue weighted by Gasteiger charge is 1.80. The summed E-state index contributed by atoms with van der Waals surface area (Å²) in [5.74, 6) is 0. The summed E-state index contributed by atoms with van der Waals surface area (Å²) in [5, 5.41) is 0. The first-order valence-corrected chi connectivity index (χ1v) is 5.20. The van der Waals surface area contributed by atoms with E-state index in [1.54, 1.807) is 0 Å². The van der Waals surface area contributed by atoms with Crippen molar-refractivity contribution in [1.29, 1.82) is 0 Å². The van der Waals surface area contributed by atoms with Crippen molar-refractivity contribution in [3.05, 3.63) is 60.8 Å². The monoisotopic (exact) mass is 185 g/mol. The molecule has 0 unspecified atom stereocenters. The van der Waals surface area contributed by atoms with Crippen LogP contribution in [-0.2, 0) is 0 Å². The number of hydrogen-bond acceptors (Lipinski definition) is 0. The number of allylic oxidation sites excluding steroid dienone is 10. The van der Waals surface area contributed by atoms with Crippen LogP contribution in [0.4, 0.5) is 0 Å². The molecule has 1 radical (unpaired) electrons. The predicted octanol–water partition coefficient (Wildman–Crippen LogP) is 4.14. The maximum Gasteiger partial charge on any atom is -0.00946 e. The normalized spacial score (nSPS) is 29.7. The van der Waals surface area contributed by atoms with E-state index < -0.39 is 0 Å². The van der Waals surface area contributed by atoms with Crippen LogP contribution >= 0.6 is 0 Å². The summed E-state index contributed by atoms with van der Waals surface area (Å²) in [6.45, 7) is 0. The lowest BCUT2D eigenvalue weighted by atomic mass is 10.2. The Morgan fingerprint density at radius 2 is 1.50 bits per heavy atom. The fourth-order valence-electron chi connectivity index (χ4n) is 1.18. The van der Waals surface area contributed by atoms with Crippen molar-refractivity contribution in [1.82, 2.24) is 0 Å². The van der Waals surface area contributed by atoms with Crippen LogP contribution < -0.4 is 0 Å². The minimum atomic E-state index is 0.921. The summed E-state index contributed by atoms with van der Waals surface area (Å²) < 4.78 is 0. The molecule has 1 rings (SSSR count). The second-order valence-electron chi connectivity index (χ2n) is 3.18. The molecule has 0 bridgehead atoms. The molecular formula is C14H17. The molecule has 0 heterocycles. The topological polar surface area (TPSA) is 0 Å². The molecule has 0 N–H and O–H groups in total. The summed E-state index contributed by atoms with van der Waals surface area (Å²) in [4.78, 5) is 0. The molecule has 0 heteroatoms. The lowest BCUT2D eigenvalue weighted by Crippen LogP contribution is -1.69. The first-order chi connectivity index (χ1) is 7.00. The molecule has 1 aliphatic rings. The Hall–Kier alpha value is -1.30. The SMILES string of the molecule is [C]1=C/C=C\C=C\C=C/CCC/C=C/C/1. The minimum absolute atomic E-state index is 0.921. The molecule has 14 heavy (non-hydrogen) atoms. The largest absolute Gasteiger partial charge is 0.0882 e. The Kier molecular flexibility index (Phi) is 6.39. The van der Waals surface area contributed by atoms with Crippen molar-refractivity contribution in [2.24, 2.45) is 0 Å². The quantitative estimate of drug-likeness (QED) is 0.497. The van der Waals surface area contributed by atoms with Crippen LogP contribution in [0.2, 0.25) is 0 Å². The van der Waals surface area contributed by atoms with Crippen molar-refractivity contribution in [3.8, 4) is 0 Å². The highest BCUT2D eigenvalue weighted by Crippen LogP contribution is 1.99. The third-order valence-electron chi connectivity index (χ3n) is 1.94. The van der Waals surface area contributed by atoms with Crippen LogP contribution in [-0.4, -0.2) is 0 Å². The fraction of sp³-hybridized carbons (Fsp3) is 0.286. The van der Waals surface area contributed by atoms with Gasteiger partial charge >= 0.3 is 0 Å². The maximum atomic E-state index is 3.19. The Morgan fingerprint density at radius 1 is 0.714 bits per heavy atom. The molecule has 73 valence electrons.